The van der Waals surface area contributed by atoms with E-state index in [1.165, 1.54) is 89.7 Å². The third-order valence-electron chi connectivity index (χ3n) is 6.92. The molecule has 0 aliphatic rings. The molecule has 0 amide bonds. The van der Waals surface area contributed by atoms with Crippen LogP contribution in [0.4, 0.5) is 0 Å². The highest BCUT2D eigenvalue weighted by molar-refractivity contribution is 7.90. The van der Waals surface area contributed by atoms with E-state index < -0.39 is 17.7 Å². The molecule has 0 aliphatic carbocycles. The summed E-state index contributed by atoms with van der Waals surface area (Å²) in [5, 5.41) is 0. The Hall–Kier alpha value is -0.0200. The maximum Gasteiger partial charge on any atom is 0.469 e. The second-order valence-corrected chi connectivity index (χ2v) is 15.2. The maximum atomic E-state index is 12.0. The fourth-order valence-corrected chi connectivity index (χ4v) is 6.07. The van der Waals surface area contributed by atoms with Crippen molar-refractivity contribution in [2.75, 3.05) is 53.0 Å². The number of quaternary nitrogens is 1. The van der Waals surface area contributed by atoms with E-state index in [0.29, 0.717) is 24.1 Å². The predicted molar refractivity (Wildman–Crippen MR) is 153 cm³/mol. The van der Waals surface area contributed by atoms with Crippen LogP contribution in [0.1, 0.15) is 110 Å². The number of phosphoric acid groups is 1. The number of hydrogen-bond donors (Lipinski definition) is 2. The Balaban J connectivity index is 4.07. The molecule has 2 N–H and O–H groups in total. The van der Waals surface area contributed by atoms with Gasteiger partial charge in [0.1, 0.15) is 22.5 Å². The molecule has 2 atom stereocenters. The molecular formula is C27H59NO7PS+. The van der Waals surface area contributed by atoms with Crippen LogP contribution >= 0.6 is 7.82 Å². The van der Waals surface area contributed by atoms with Gasteiger partial charge in [0.15, 0.2) is 0 Å². The number of sulfone groups is 1. The van der Waals surface area contributed by atoms with Crippen LogP contribution in [0.2, 0.25) is 0 Å². The Morgan fingerprint density at radius 2 is 1.19 bits per heavy atom. The summed E-state index contributed by atoms with van der Waals surface area (Å²) in [6, 6.07) is -0.270. The molecule has 10 heteroatoms. The first kappa shape index (κ1) is 37.0. The van der Waals surface area contributed by atoms with E-state index in [2.05, 4.69) is 6.92 Å². The van der Waals surface area contributed by atoms with Crippen molar-refractivity contribution in [2.45, 2.75) is 116 Å². The molecule has 0 fully saturated rings. The normalized spacial score (nSPS) is 14.7. The summed E-state index contributed by atoms with van der Waals surface area (Å²) in [5.41, 5.74) is 0. The minimum Gasteiger partial charge on any atom is -0.381 e. The molecule has 0 spiro atoms. The monoisotopic (exact) mass is 572 g/mol. The molecule has 0 aromatic carbocycles. The van der Waals surface area contributed by atoms with Gasteiger partial charge in [-0.2, -0.15) is 0 Å². The van der Waals surface area contributed by atoms with Gasteiger partial charge < -0.3 is 19.0 Å². The number of phosphoric ester groups is 1. The average molecular weight is 573 g/mol. The fourth-order valence-electron chi connectivity index (χ4n) is 4.61. The first-order valence-electron chi connectivity index (χ1n) is 14.5. The topological polar surface area (TPSA) is 110 Å². The van der Waals surface area contributed by atoms with Gasteiger partial charge >= 0.3 is 7.82 Å². The molecule has 0 saturated heterocycles. The lowest BCUT2D eigenvalue weighted by atomic mass is 10.0. The zero-order chi connectivity index (χ0) is 28.2. The summed E-state index contributed by atoms with van der Waals surface area (Å²) in [5.74, 6) is -0.271. The number of hydrogen-bond acceptors (Lipinski definition) is 5. The lowest BCUT2D eigenvalue weighted by Crippen LogP contribution is -2.49. The molecule has 0 saturated carbocycles. The Morgan fingerprint density at radius 3 is 1.57 bits per heavy atom. The minimum absolute atomic E-state index is 0.0156. The molecule has 0 heterocycles. The van der Waals surface area contributed by atoms with Gasteiger partial charge in [-0.3, -0.25) is 4.52 Å². The molecule has 0 aliphatic heterocycles. The number of unbranched alkanes of at least 4 members (excludes halogenated alkanes) is 14. The smallest absolute Gasteiger partial charge is 0.381 e. The van der Waals surface area contributed by atoms with Crippen LogP contribution in [0.25, 0.3) is 0 Å². The first-order valence-corrected chi connectivity index (χ1v) is 18.1. The highest BCUT2D eigenvalue weighted by Gasteiger charge is 2.31. The quantitative estimate of drug-likeness (QED) is 0.0731. The van der Waals surface area contributed by atoms with Crippen molar-refractivity contribution in [3.63, 3.8) is 0 Å². The Bertz CT molecular complexity index is 691. The minimum atomic E-state index is -4.59. The highest BCUT2D eigenvalue weighted by Crippen LogP contribution is 2.36. The van der Waals surface area contributed by atoms with Crippen molar-refractivity contribution in [1.29, 1.82) is 0 Å². The summed E-state index contributed by atoms with van der Waals surface area (Å²) < 4.78 is 46.1. The van der Waals surface area contributed by atoms with Crippen molar-refractivity contribution in [3.8, 4) is 0 Å². The van der Waals surface area contributed by atoms with Crippen LogP contribution in [0, 0.1) is 5.92 Å². The second-order valence-electron chi connectivity index (χ2n) is 11.8. The second kappa shape index (κ2) is 20.8. The fraction of sp³-hybridized carbons (Fsp3) is 1.00. The van der Waals surface area contributed by atoms with E-state index in [1.54, 1.807) is 0 Å². The molecule has 0 aromatic rings. The van der Waals surface area contributed by atoms with E-state index in [9.17, 15) is 13.0 Å². The molecule has 0 radical (unpaired) electrons. The standard InChI is InChI=1S/C27H58NO7PS/c1-6-7-8-9-10-11-12-13-14-15-16-17-18-19-20-21-34-23-26(25-37(5,32)33)22-27(28(2,3)4)24-35-36(29,30)31/h26-27H,6-25H2,1-5H3,(H-,29,30,31)/p+1. The molecule has 0 aromatic heterocycles. The summed E-state index contributed by atoms with van der Waals surface area (Å²) in [6.45, 7) is 3.04. The number of ether oxygens (including phenoxy) is 1. The van der Waals surface area contributed by atoms with Crippen molar-refractivity contribution in [3.05, 3.63) is 0 Å². The van der Waals surface area contributed by atoms with Gasteiger partial charge in [-0.25, -0.2) is 13.0 Å². The van der Waals surface area contributed by atoms with Gasteiger partial charge in [0.25, 0.3) is 0 Å². The predicted octanol–water partition coefficient (Wildman–Crippen LogP) is 6.11. The summed E-state index contributed by atoms with van der Waals surface area (Å²) in [6.07, 6.45) is 21.2. The summed E-state index contributed by atoms with van der Waals surface area (Å²) in [4.78, 5) is 18.2. The molecular weight excluding hydrogens is 513 g/mol. The lowest BCUT2D eigenvalue weighted by Gasteiger charge is -2.36. The van der Waals surface area contributed by atoms with Crippen molar-refractivity contribution in [1.82, 2.24) is 0 Å². The van der Waals surface area contributed by atoms with E-state index in [0.717, 1.165) is 12.8 Å². The Morgan fingerprint density at radius 1 is 0.757 bits per heavy atom. The van der Waals surface area contributed by atoms with Crippen molar-refractivity contribution in [2.24, 2.45) is 5.92 Å². The van der Waals surface area contributed by atoms with Gasteiger partial charge in [-0.1, -0.05) is 96.8 Å². The Labute approximate surface area is 228 Å². The van der Waals surface area contributed by atoms with E-state index in [1.807, 2.05) is 21.1 Å². The lowest BCUT2D eigenvalue weighted by molar-refractivity contribution is -0.897. The SMILES string of the molecule is CCCCCCCCCCCCCCCCCOCC(CC(COP(=O)(O)O)[N+](C)(C)C)CS(C)(=O)=O. The third-order valence-corrected chi connectivity index (χ3v) is 8.48. The van der Waals surface area contributed by atoms with E-state index in [4.69, 9.17) is 19.0 Å². The molecule has 0 bridgehead atoms. The number of likely N-dealkylation sites (N-methyl/N-ethyl adjacent to an activating group) is 1. The van der Waals surface area contributed by atoms with Crippen LogP contribution < -0.4 is 0 Å². The van der Waals surface area contributed by atoms with Gasteiger partial charge in [-0.15, -0.1) is 0 Å². The Kier molecular flexibility index (Phi) is 20.8. The maximum absolute atomic E-state index is 12.0. The first-order chi connectivity index (χ1) is 17.2. The van der Waals surface area contributed by atoms with Crippen LogP contribution in [0.15, 0.2) is 0 Å². The van der Waals surface area contributed by atoms with E-state index >= 15 is 0 Å². The van der Waals surface area contributed by atoms with E-state index in [-0.39, 0.29) is 24.3 Å². The van der Waals surface area contributed by atoms with Crippen molar-refractivity contribution >= 4 is 17.7 Å². The van der Waals surface area contributed by atoms with Crippen LogP contribution in [0.3, 0.4) is 0 Å². The number of rotatable bonds is 26. The molecule has 2 unspecified atom stereocenters. The van der Waals surface area contributed by atoms with Gasteiger partial charge in [0.2, 0.25) is 0 Å². The van der Waals surface area contributed by atoms with Gasteiger partial charge in [-0.05, 0) is 6.42 Å². The summed E-state index contributed by atoms with van der Waals surface area (Å²) in [7, 11) is -2.09. The largest absolute Gasteiger partial charge is 0.469 e. The third kappa shape index (κ3) is 26.0. The van der Waals surface area contributed by atoms with Crippen LogP contribution in [-0.4, -0.2) is 81.7 Å². The zero-order valence-corrected chi connectivity index (χ0v) is 26.2. The highest BCUT2D eigenvalue weighted by atomic mass is 32.2. The molecule has 8 nitrogen and oxygen atoms in total. The van der Waals surface area contributed by atoms with Gasteiger partial charge in [0, 0.05) is 25.2 Å². The summed E-state index contributed by atoms with van der Waals surface area (Å²) >= 11 is 0. The van der Waals surface area contributed by atoms with Crippen molar-refractivity contribution < 1.29 is 36.5 Å². The van der Waals surface area contributed by atoms with Crippen LogP contribution in [-0.2, 0) is 23.7 Å². The average Bonchev–Trinajstić information content (AvgIpc) is 2.76. The van der Waals surface area contributed by atoms with Gasteiger partial charge in [0.05, 0.1) is 33.5 Å². The molecule has 37 heavy (non-hydrogen) atoms. The number of nitrogens with zero attached hydrogens (tertiary/aromatic N) is 1. The molecule has 224 valence electrons. The zero-order valence-electron chi connectivity index (χ0n) is 24.5. The molecule has 0 rings (SSSR count). The van der Waals surface area contributed by atoms with Crippen LogP contribution in [0.5, 0.6) is 0 Å².